The zero-order valence-corrected chi connectivity index (χ0v) is 23.9. The normalized spacial score (nSPS) is 20.1. The molecule has 0 bridgehead atoms. The first kappa shape index (κ1) is 30.9. The van der Waals surface area contributed by atoms with Gasteiger partial charge in [-0.3, -0.25) is 4.90 Å². The van der Waals surface area contributed by atoms with Gasteiger partial charge in [-0.2, -0.15) is 0 Å². The number of carbonyl (C=O) groups is 2. The minimum Gasteiger partial charge on any atom is -0.444 e. The van der Waals surface area contributed by atoms with Crippen LogP contribution in [-0.2, 0) is 16.0 Å². The molecule has 2 fully saturated rings. The Bertz CT molecular complexity index is 798. The Morgan fingerprint density at radius 1 is 0.892 bits per heavy atom. The van der Waals surface area contributed by atoms with E-state index in [-0.39, 0.29) is 12.2 Å². The second kappa shape index (κ2) is 15.2. The lowest BCUT2D eigenvalue weighted by Gasteiger charge is -2.20. The molecule has 3 rings (SSSR count). The summed E-state index contributed by atoms with van der Waals surface area (Å²) in [6, 6.07) is 10.6. The minimum absolute atomic E-state index is 0.312. The van der Waals surface area contributed by atoms with Crippen LogP contribution in [0.25, 0.3) is 0 Å². The van der Waals surface area contributed by atoms with E-state index >= 15 is 0 Å². The second-order valence-electron chi connectivity index (χ2n) is 12.2. The topological polar surface area (TPSA) is 91.9 Å². The fourth-order valence-electron chi connectivity index (χ4n) is 4.48. The summed E-state index contributed by atoms with van der Waals surface area (Å²) in [5, 5.41) is 8.93. The number of ether oxygens (including phenoxy) is 2. The van der Waals surface area contributed by atoms with Crippen molar-refractivity contribution in [3.63, 3.8) is 0 Å². The molecule has 2 amide bonds. The van der Waals surface area contributed by atoms with E-state index in [0.29, 0.717) is 24.9 Å². The van der Waals surface area contributed by atoms with Crippen molar-refractivity contribution in [1.82, 2.24) is 20.9 Å². The van der Waals surface area contributed by atoms with Crippen LogP contribution >= 0.6 is 0 Å². The van der Waals surface area contributed by atoms with Crippen molar-refractivity contribution in [2.75, 3.05) is 39.3 Å². The lowest BCUT2D eigenvalue weighted by molar-refractivity contribution is 0.0513. The van der Waals surface area contributed by atoms with Gasteiger partial charge in [0.2, 0.25) is 0 Å². The van der Waals surface area contributed by atoms with Crippen molar-refractivity contribution >= 4 is 12.2 Å². The number of carbonyl (C=O) groups excluding carboxylic acids is 2. The third-order valence-corrected chi connectivity index (χ3v) is 6.22. The highest BCUT2D eigenvalue weighted by Gasteiger charge is 2.23. The molecule has 0 aromatic heterocycles. The van der Waals surface area contributed by atoms with Gasteiger partial charge < -0.3 is 25.4 Å². The lowest BCUT2D eigenvalue weighted by atomic mass is 10.1. The average molecular weight is 519 g/mol. The molecular formula is C29H50N4O4. The molecule has 2 saturated heterocycles. The Labute approximate surface area is 224 Å². The van der Waals surface area contributed by atoms with Crippen molar-refractivity contribution in [3.05, 3.63) is 35.9 Å². The summed E-state index contributed by atoms with van der Waals surface area (Å²) < 4.78 is 10.4. The molecule has 0 aliphatic carbocycles. The predicted octanol–water partition coefficient (Wildman–Crippen LogP) is 4.93. The third-order valence-electron chi connectivity index (χ3n) is 6.22. The molecule has 2 aliphatic rings. The maximum absolute atomic E-state index is 11.6. The molecule has 2 unspecified atom stereocenters. The number of hydrogen-bond donors (Lipinski definition) is 3. The molecule has 0 spiro atoms. The Hall–Kier alpha value is -2.32. The van der Waals surface area contributed by atoms with Gasteiger partial charge in [0, 0.05) is 26.2 Å². The SMILES string of the molecule is CC(C)(C)OC(=O)NCCC1CCN(Cc2ccccc2)C1.CC(C)(C)OC(=O)NCCC1CCNC1. The van der Waals surface area contributed by atoms with Gasteiger partial charge in [0.1, 0.15) is 11.2 Å². The molecule has 2 aliphatic heterocycles. The van der Waals surface area contributed by atoms with E-state index in [9.17, 15) is 9.59 Å². The monoisotopic (exact) mass is 518 g/mol. The van der Waals surface area contributed by atoms with E-state index in [1.165, 1.54) is 18.4 Å². The number of amides is 2. The minimum atomic E-state index is -0.427. The van der Waals surface area contributed by atoms with Crippen LogP contribution in [0, 0.1) is 11.8 Å². The third kappa shape index (κ3) is 14.9. The molecule has 1 aromatic carbocycles. The molecule has 3 N–H and O–H groups in total. The highest BCUT2D eigenvalue weighted by Crippen LogP contribution is 2.21. The van der Waals surface area contributed by atoms with Gasteiger partial charge in [-0.25, -0.2) is 9.59 Å². The number of nitrogens with one attached hydrogen (secondary N) is 3. The molecule has 1 aromatic rings. The van der Waals surface area contributed by atoms with Gasteiger partial charge >= 0.3 is 12.2 Å². The number of benzene rings is 1. The second-order valence-corrected chi connectivity index (χ2v) is 12.2. The summed E-state index contributed by atoms with van der Waals surface area (Å²) in [6.07, 6.45) is 3.86. The molecule has 210 valence electrons. The summed E-state index contributed by atoms with van der Waals surface area (Å²) in [5.41, 5.74) is 0.540. The molecule has 8 heteroatoms. The molecule has 2 atom stereocenters. The van der Waals surface area contributed by atoms with Gasteiger partial charge in [-0.15, -0.1) is 0 Å². The van der Waals surface area contributed by atoms with Gasteiger partial charge in [0.05, 0.1) is 0 Å². The average Bonchev–Trinajstić information content (AvgIpc) is 3.45. The highest BCUT2D eigenvalue weighted by atomic mass is 16.6. The zero-order chi connectivity index (χ0) is 27.3. The van der Waals surface area contributed by atoms with E-state index in [2.05, 4.69) is 51.2 Å². The lowest BCUT2D eigenvalue weighted by Crippen LogP contribution is -2.33. The number of hydrogen-bond acceptors (Lipinski definition) is 6. The Morgan fingerprint density at radius 2 is 1.46 bits per heavy atom. The van der Waals surface area contributed by atoms with Crippen LogP contribution in [0.3, 0.4) is 0 Å². The predicted molar refractivity (Wildman–Crippen MR) is 149 cm³/mol. The highest BCUT2D eigenvalue weighted by molar-refractivity contribution is 5.67. The summed E-state index contributed by atoms with van der Waals surface area (Å²) >= 11 is 0. The van der Waals surface area contributed by atoms with Gasteiger partial charge in [-0.1, -0.05) is 30.3 Å². The van der Waals surface area contributed by atoms with Crippen molar-refractivity contribution < 1.29 is 19.1 Å². The maximum Gasteiger partial charge on any atom is 0.407 e. The smallest absolute Gasteiger partial charge is 0.407 e. The molecule has 8 nitrogen and oxygen atoms in total. The number of nitrogens with zero attached hydrogens (tertiary/aromatic N) is 1. The molecule has 37 heavy (non-hydrogen) atoms. The van der Waals surface area contributed by atoms with E-state index < -0.39 is 11.2 Å². The van der Waals surface area contributed by atoms with Crippen molar-refractivity contribution in [3.8, 4) is 0 Å². The first-order valence-electron chi connectivity index (χ1n) is 13.8. The summed E-state index contributed by atoms with van der Waals surface area (Å²) in [7, 11) is 0. The van der Waals surface area contributed by atoms with Crippen molar-refractivity contribution in [2.45, 2.75) is 85.0 Å². The molecular weight excluding hydrogens is 468 g/mol. The van der Waals surface area contributed by atoms with E-state index in [1.54, 1.807) is 0 Å². The Morgan fingerprint density at radius 3 is 1.97 bits per heavy atom. The fourth-order valence-corrected chi connectivity index (χ4v) is 4.48. The Kier molecular flexibility index (Phi) is 12.7. The summed E-state index contributed by atoms with van der Waals surface area (Å²) in [5.74, 6) is 1.37. The Balaban J connectivity index is 0.000000281. The van der Waals surface area contributed by atoms with Crippen LogP contribution in [0.4, 0.5) is 9.59 Å². The van der Waals surface area contributed by atoms with Gasteiger partial charge in [-0.05, 0) is 104 Å². The van der Waals surface area contributed by atoms with E-state index in [4.69, 9.17) is 9.47 Å². The fraction of sp³-hybridized carbons (Fsp3) is 0.724. The summed E-state index contributed by atoms with van der Waals surface area (Å²) in [6.45, 7) is 18.1. The molecule has 0 saturated carbocycles. The van der Waals surface area contributed by atoms with Crippen LogP contribution < -0.4 is 16.0 Å². The number of likely N-dealkylation sites (tertiary alicyclic amines) is 1. The van der Waals surface area contributed by atoms with Gasteiger partial charge in [0.25, 0.3) is 0 Å². The van der Waals surface area contributed by atoms with Crippen LogP contribution in [0.15, 0.2) is 30.3 Å². The van der Waals surface area contributed by atoms with E-state index in [1.807, 2.05) is 41.5 Å². The van der Waals surface area contributed by atoms with Crippen LogP contribution in [0.2, 0.25) is 0 Å². The molecule has 0 radical (unpaired) electrons. The first-order chi connectivity index (χ1) is 17.4. The van der Waals surface area contributed by atoms with Crippen molar-refractivity contribution in [2.24, 2.45) is 11.8 Å². The number of rotatable bonds is 8. The van der Waals surface area contributed by atoms with E-state index in [0.717, 1.165) is 45.6 Å². The van der Waals surface area contributed by atoms with Crippen LogP contribution in [0.1, 0.15) is 72.8 Å². The van der Waals surface area contributed by atoms with Gasteiger partial charge in [0.15, 0.2) is 0 Å². The van der Waals surface area contributed by atoms with Crippen LogP contribution in [0.5, 0.6) is 0 Å². The number of alkyl carbamates (subject to hydrolysis) is 2. The molecule has 2 heterocycles. The zero-order valence-electron chi connectivity index (χ0n) is 23.9. The quantitative estimate of drug-likeness (QED) is 0.452. The largest absolute Gasteiger partial charge is 0.444 e. The van der Waals surface area contributed by atoms with Crippen molar-refractivity contribution in [1.29, 1.82) is 0 Å². The standard InChI is InChI=1S/C18H28N2O2.C11H22N2O2/c1-18(2,3)22-17(21)19-11-9-16-10-12-20(14-16)13-15-7-5-4-6-8-15;1-11(2,3)15-10(14)13-7-5-9-4-6-12-8-9/h4-8,16H,9-14H2,1-3H3,(H,19,21);9,12H,4-8H2,1-3H3,(H,13,14). The first-order valence-corrected chi connectivity index (χ1v) is 13.8. The summed E-state index contributed by atoms with van der Waals surface area (Å²) in [4.78, 5) is 25.4. The van der Waals surface area contributed by atoms with Crippen LogP contribution in [-0.4, -0.2) is 67.6 Å². The maximum atomic E-state index is 11.6.